The number of nitrogens with zero attached hydrogens (tertiary/aromatic N) is 1. The van der Waals surface area contributed by atoms with Gasteiger partial charge in [0.25, 0.3) is 0 Å². The summed E-state index contributed by atoms with van der Waals surface area (Å²) in [6.07, 6.45) is 2.60. The number of methoxy groups -OCH3 is 1. The van der Waals surface area contributed by atoms with E-state index in [4.69, 9.17) is 32.7 Å². The maximum Gasteiger partial charge on any atom is 0.305 e. The molecule has 0 heterocycles. The summed E-state index contributed by atoms with van der Waals surface area (Å²) >= 11 is 12.0. The molecule has 1 unspecified atom stereocenters. The standard InChI is InChI=1S/C22H29Cl2NO7S/c1-17(26)32-19(16-31-21-12-11-18(23)15-20(21)24)9-8-14-25(33(3,28)29)13-7-5-4-6-10-22(27)30-2/h11-12,15,19H,4,6,8-10,13-14,16H2,1-3H3. The molecule has 0 aromatic heterocycles. The highest BCUT2D eigenvalue weighted by Crippen LogP contribution is 2.27. The second-order valence-electron chi connectivity index (χ2n) is 7.14. The first-order valence-corrected chi connectivity index (χ1v) is 12.9. The monoisotopic (exact) mass is 521 g/mol. The lowest BCUT2D eigenvalue weighted by Gasteiger charge is -2.21. The van der Waals surface area contributed by atoms with Crippen LogP contribution in [0.25, 0.3) is 0 Å². The van der Waals surface area contributed by atoms with Gasteiger partial charge in [-0.15, -0.1) is 5.92 Å². The lowest BCUT2D eigenvalue weighted by Crippen LogP contribution is -2.32. The Morgan fingerprint density at radius 1 is 1.18 bits per heavy atom. The molecule has 0 radical (unpaired) electrons. The summed E-state index contributed by atoms with van der Waals surface area (Å²) in [4.78, 5) is 22.5. The Labute approximate surface area is 205 Å². The first-order valence-electron chi connectivity index (χ1n) is 10.3. The van der Waals surface area contributed by atoms with Crippen molar-refractivity contribution in [3.8, 4) is 17.6 Å². The normalized spacial score (nSPS) is 11.9. The SMILES string of the molecule is COC(=O)CCCC#CCN(CCCC(COc1ccc(Cl)cc1Cl)OC(C)=O)S(C)(=O)=O. The van der Waals surface area contributed by atoms with E-state index in [0.717, 1.165) is 6.26 Å². The van der Waals surface area contributed by atoms with Gasteiger partial charge in [-0.2, -0.15) is 4.31 Å². The van der Waals surface area contributed by atoms with Crippen LogP contribution in [-0.2, 0) is 29.1 Å². The van der Waals surface area contributed by atoms with Gasteiger partial charge in [-0.3, -0.25) is 9.59 Å². The Balaban J connectivity index is 2.59. The van der Waals surface area contributed by atoms with E-state index in [1.165, 1.54) is 18.3 Å². The Hall–Kier alpha value is -1.99. The first-order chi connectivity index (χ1) is 15.5. The molecule has 0 saturated carbocycles. The van der Waals surface area contributed by atoms with Crippen molar-refractivity contribution in [3.05, 3.63) is 28.2 Å². The van der Waals surface area contributed by atoms with E-state index in [9.17, 15) is 18.0 Å². The molecule has 0 aliphatic carbocycles. The number of esters is 2. The molecule has 33 heavy (non-hydrogen) atoms. The summed E-state index contributed by atoms with van der Waals surface area (Å²) < 4.78 is 40.9. The molecule has 0 aliphatic heterocycles. The van der Waals surface area contributed by atoms with Gasteiger partial charge >= 0.3 is 11.9 Å². The molecule has 0 aliphatic rings. The van der Waals surface area contributed by atoms with Crippen molar-refractivity contribution in [1.29, 1.82) is 0 Å². The number of rotatable bonds is 13. The Morgan fingerprint density at radius 2 is 1.91 bits per heavy atom. The van der Waals surface area contributed by atoms with Crippen LogP contribution in [-0.4, -0.2) is 63.8 Å². The number of carbonyl (C=O) groups is 2. The predicted molar refractivity (Wildman–Crippen MR) is 127 cm³/mol. The van der Waals surface area contributed by atoms with Gasteiger partial charge < -0.3 is 14.2 Å². The molecule has 0 saturated heterocycles. The van der Waals surface area contributed by atoms with E-state index in [2.05, 4.69) is 16.6 Å². The molecule has 0 fully saturated rings. The predicted octanol–water partition coefficient (Wildman–Crippen LogP) is 3.69. The largest absolute Gasteiger partial charge is 0.488 e. The summed E-state index contributed by atoms with van der Waals surface area (Å²) in [5.41, 5.74) is 0. The third-order valence-corrected chi connectivity index (χ3v) is 6.12. The topological polar surface area (TPSA) is 99.2 Å². The van der Waals surface area contributed by atoms with E-state index >= 15 is 0 Å². The minimum atomic E-state index is -3.47. The maximum absolute atomic E-state index is 12.1. The zero-order chi connectivity index (χ0) is 24.9. The highest BCUT2D eigenvalue weighted by molar-refractivity contribution is 7.88. The van der Waals surface area contributed by atoms with Crippen molar-refractivity contribution in [2.75, 3.05) is 33.1 Å². The average molecular weight is 522 g/mol. The molecule has 1 aromatic carbocycles. The van der Waals surface area contributed by atoms with Crippen LogP contribution in [0.5, 0.6) is 5.75 Å². The fraction of sp³-hybridized carbons (Fsp3) is 0.545. The third-order valence-electron chi connectivity index (χ3n) is 4.34. The summed E-state index contributed by atoms with van der Waals surface area (Å²) in [5, 5.41) is 0.800. The van der Waals surface area contributed by atoms with Crippen molar-refractivity contribution in [3.63, 3.8) is 0 Å². The summed E-state index contributed by atoms with van der Waals surface area (Å²) in [5.74, 6) is 5.31. The van der Waals surface area contributed by atoms with Crippen LogP contribution in [0.1, 0.15) is 39.0 Å². The van der Waals surface area contributed by atoms with Gasteiger partial charge in [-0.1, -0.05) is 29.1 Å². The average Bonchev–Trinajstić information content (AvgIpc) is 2.72. The molecular formula is C22H29Cl2NO7S. The Morgan fingerprint density at radius 3 is 2.52 bits per heavy atom. The lowest BCUT2D eigenvalue weighted by molar-refractivity contribution is -0.148. The molecule has 0 spiro atoms. The van der Waals surface area contributed by atoms with Gasteiger partial charge in [0.2, 0.25) is 10.0 Å². The Bertz CT molecular complexity index is 957. The fourth-order valence-corrected chi connectivity index (χ4v) is 3.92. The molecule has 0 N–H and O–H groups in total. The number of halogens is 2. The number of carbonyl (C=O) groups excluding carboxylic acids is 2. The van der Waals surface area contributed by atoms with Gasteiger partial charge in [0.15, 0.2) is 0 Å². The highest BCUT2D eigenvalue weighted by Gasteiger charge is 2.18. The summed E-state index contributed by atoms with van der Waals surface area (Å²) in [6.45, 7) is 1.59. The van der Waals surface area contributed by atoms with Gasteiger partial charge in [-0.05, 0) is 37.5 Å². The Kier molecular flexibility index (Phi) is 13.2. The number of benzene rings is 1. The zero-order valence-corrected chi connectivity index (χ0v) is 21.3. The summed E-state index contributed by atoms with van der Waals surface area (Å²) in [6, 6.07) is 4.79. The van der Waals surface area contributed by atoms with Crippen LogP contribution in [0, 0.1) is 11.8 Å². The number of sulfonamides is 1. The minimum Gasteiger partial charge on any atom is -0.488 e. The van der Waals surface area contributed by atoms with Crippen molar-refractivity contribution in [2.45, 2.75) is 45.1 Å². The van der Waals surface area contributed by atoms with Gasteiger partial charge in [0.1, 0.15) is 18.5 Å². The number of unbranched alkanes of at least 4 members (excludes halogenated alkanes) is 1. The van der Waals surface area contributed by atoms with Crippen molar-refractivity contribution in [1.82, 2.24) is 4.31 Å². The first kappa shape index (κ1) is 29.0. The van der Waals surface area contributed by atoms with E-state index in [1.807, 2.05) is 0 Å². The van der Waals surface area contributed by atoms with Crippen LogP contribution in [0.3, 0.4) is 0 Å². The second-order valence-corrected chi connectivity index (χ2v) is 9.97. The van der Waals surface area contributed by atoms with Gasteiger partial charge in [-0.25, -0.2) is 8.42 Å². The number of hydrogen-bond acceptors (Lipinski definition) is 7. The van der Waals surface area contributed by atoms with Crippen LogP contribution in [0.4, 0.5) is 0 Å². The van der Waals surface area contributed by atoms with E-state index in [1.54, 1.807) is 18.2 Å². The lowest BCUT2D eigenvalue weighted by atomic mass is 10.2. The van der Waals surface area contributed by atoms with Crippen LogP contribution in [0.2, 0.25) is 10.0 Å². The molecule has 0 amide bonds. The molecular weight excluding hydrogens is 493 g/mol. The molecule has 11 heteroatoms. The van der Waals surface area contributed by atoms with Crippen LogP contribution >= 0.6 is 23.2 Å². The van der Waals surface area contributed by atoms with E-state index in [0.29, 0.717) is 41.5 Å². The maximum atomic E-state index is 12.1. The smallest absolute Gasteiger partial charge is 0.305 e. The second kappa shape index (κ2) is 15.0. The van der Waals surface area contributed by atoms with Crippen molar-refractivity contribution in [2.24, 2.45) is 0 Å². The van der Waals surface area contributed by atoms with Crippen LogP contribution < -0.4 is 4.74 Å². The van der Waals surface area contributed by atoms with Crippen LogP contribution in [0.15, 0.2) is 18.2 Å². The zero-order valence-electron chi connectivity index (χ0n) is 18.9. The molecule has 1 rings (SSSR count). The molecule has 184 valence electrons. The molecule has 1 atom stereocenters. The summed E-state index contributed by atoms with van der Waals surface area (Å²) in [7, 11) is -2.15. The van der Waals surface area contributed by atoms with Gasteiger partial charge in [0, 0.05) is 31.3 Å². The highest BCUT2D eigenvalue weighted by atomic mass is 35.5. The van der Waals surface area contributed by atoms with E-state index < -0.39 is 22.1 Å². The fourth-order valence-electron chi connectivity index (χ4n) is 2.70. The van der Waals surface area contributed by atoms with Crippen molar-refractivity contribution < 1.29 is 32.2 Å². The van der Waals surface area contributed by atoms with Crippen molar-refractivity contribution >= 4 is 45.2 Å². The molecule has 8 nitrogen and oxygen atoms in total. The molecule has 1 aromatic rings. The van der Waals surface area contributed by atoms with E-state index in [-0.39, 0.29) is 32.1 Å². The quantitative estimate of drug-likeness (QED) is 0.221. The molecule has 0 bridgehead atoms. The third kappa shape index (κ3) is 12.7. The number of ether oxygens (including phenoxy) is 3. The number of hydrogen-bond donors (Lipinski definition) is 0. The minimum absolute atomic E-state index is 0.0339. The van der Waals surface area contributed by atoms with Gasteiger partial charge in [0.05, 0.1) is 24.9 Å².